The number of carboxylic acid groups (broad SMARTS) is 1. The Kier molecular flexibility index (Phi) is 3.91. The first-order valence-corrected chi connectivity index (χ1v) is 6.63. The summed E-state index contributed by atoms with van der Waals surface area (Å²) in [6.45, 7) is 0. The molecule has 0 aliphatic carbocycles. The number of thioether (sulfide) groups is 1. The maximum absolute atomic E-state index is 10.7. The molecule has 0 saturated carbocycles. The van der Waals surface area contributed by atoms with Gasteiger partial charge in [-0.1, -0.05) is 18.2 Å². The van der Waals surface area contributed by atoms with Crippen molar-refractivity contribution in [3.63, 3.8) is 0 Å². The summed E-state index contributed by atoms with van der Waals surface area (Å²) in [7, 11) is 0. The van der Waals surface area contributed by atoms with Crippen molar-refractivity contribution >= 4 is 17.7 Å². The summed E-state index contributed by atoms with van der Waals surface area (Å²) in [5, 5.41) is 8.80. The number of carbonyl (C=O) groups is 1. The van der Waals surface area contributed by atoms with Crippen LogP contribution in [0.4, 0.5) is 0 Å². The molecule has 1 saturated heterocycles. The van der Waals surface area contributed by atoms with Crippen molar-refractivity contribution in [2.45, 2.75) is 18.6 Å². The number of nitrogens with two attached hydrogens (primary N) is 1. The lowest BCUT2D eigenvalue weighted by Gasteiger charge is -2.27. The van der Waals surface area contributed by atoms with Gasteiger partial charge in [0.25, 0.3) is 0 Å². The Balaban J connectivity index is 2.06. The van der Waals surface area contributed by atoms with E-state index in [-0.39, 0.29) is 6.10 Å². The summed E-state index contributed by atoms with van der Waals surface area (Å²) in [5.41, 5.74) is 6.40. The third kappa shape index (κ3) is 3.14. The van der Waals surface area contributed by atoms with Crippen molar-refractivity contribution in [3.05, 3.63) is 29.8 Å². The minimum atomic E-state index is -0.987. The van der Waals surface area contributed by atoms with Crippen molar-refractivity contribution in [3.8, 4) is 5.75 Å². The Labute approximate surface area is 104 Å². The molecule has 0 radical (unpaired) electrons. The topological polar surface area (TPSA) is 72.5 Å². The lowest BCUT2D eigenvalue weighted by molar-refractivity contribution is -0.138. The van der Waals surface area contributed by atoms with Crippen LogP contribution >= 0.6 is 11.8 Å². The van der Waals surface area contributed by atoms with Gasteiger partial charge in [-0.3, -0.25) is 4.79 Å². The third-order valence-electron chi connectivity index (χ3n) is 2.63. The van der Waals surface area contributed by atoms with Gasteiger partial charge in [-0.25, -0.2) is 0 Å². The van der Waals surface area contributed by atoms with Gasteiger partial charge in [-0.2, -0.15) is 11.8 Å². The fourth-order valence-corrected chi connectivity index (χ4v) is 2.14. The molecule has 17 heavy (non-hydrogen) atoms. The molecule has 1 aromatic rings. The molecule has 1 fully saturated rings. The second kappa shape index (κ2) is 5.42. The number of benzene rings is 1. The van der Waals surface area contributed by atoms with Crippen LogP contribution in [0, 0.1) is 0 Å². The predicted octanol–water partition coefficient (Wildman–Crippen LogP) is 1.14. The van der Waals surface area contributed by atoms with Crippen LogP contribution in [-0.2, 0) is 11.2 Å². The molecule has 2 rings (SSSR count). The zero-order valence-corrected chi connectivity index (χ0v) is 10.2. The number of carboxylic acids is 1. The molecule has 92 valence electrons. The van der Waals surface area contributed by atoms with E-state index in [4.69, 9.17) is 15.6 Å². The molecule has 1 aliphatic rings. The quantitative estimate of drug-likeness (QED) is 0.823. The third-order valence-corrected chi connectivity index (χ3v) is 3.85. The highest BCUT2D eigenvalue weighted by molar-refractivity contribution is 8.00. The average Bonchev–Trinajstić information content (AvgIpc) is 2.25. The zero-order chi connectivity index (χ0) is 12.3. The zero-order valence-electron chi connectivity index (χ0n) is 9.33. The molecular weight excluding hydrogens is 238 g/mol. The van der Waals surface area contributed by atoms with Crippen LogP contribution < -0.4 is 10.5 Å². The fourth-order valence-electron chi connectivity index (χ4n) is 1.57. The van der Waals surface area contributed by atoms with E-state index in [1.165, 1.54) is 0 Å². The first-order valence-electron chi connectivity index (χ1n) is 5.47. The van der Waals surface area contributed by atoms with Gasteiger partial charge in [0.05, 0.1) is 0 Å². The summed E-state index contributed by atoms with van der Waals surface area (Å²) in [6, 6.07) is 6.61. The van der Waals surface area contributed by atoms with Crippen molar-refractivity contribution < 1.29 is 14.6 Å². The minimum Gasteiger partial charge on any atom is -0.488 e. The normalized spacial score (nSPS) is 17.2. The van der Waals surface area contributed by atoms with Crippen LogP contribution in [0.3, 0.4) is 0 Å². The summed E-state index contributed by atoms with van der Waals surface area (Å²) in [4.78, 5) is 10.7. The number of rotatable bonds is 5. The van der Waals surface area contributed by atoms with Crippen LogP contribution in [0.2, 0.25) is 0 Å². The number of ether oxygens (including phenoxy) is 1. The minimum absolute atomic E-state index is 0.252. The lowest BCUT2D eigenvalue weighted by atomic mass is 10.1. The van der Waals surface area contributed by atoms with E-state index in [9.17, 15) is 4.79 Å². The molecule has 1 heterocycles. The molecule has 0 amide bonds. The second-order valence-corrected chi connectivity index (χ2v) is 5.11. The van der Waals surface area contributed by atoms with Crippen molar-refractivity contribution in [1.29, 1.82) is 0 Å². The number of hydrogen-bond donors (Lipinski definition) is 2. The van der Waals surface area contributed by atoms with E-state index >= 15 is 0 Å². The molecule has 0 bridgehead atoms. The van der Waals surface area contributed by atoms with Crippen molar-refractivity contribution in [1.82, 2.24) is 0 Å². The smallest absolute Gasteiger partial charge is 0.320 e. The molecule has 4 nitrogen and oxygen atoms in total. The molecule has 1 unspecified atom stereocenters. The Morgan fingerprint density at radius 3 is 2.82 bits per heavy atom. The maximum atomic E-state index is 10.7. The van der Waals surface area contributed by atoms with Gasteiger partial charge in [0.2, 0.25) is 0 Å². The first-order chi connectivity index (χ1) is 8.16. The van der Waals surface area contributed by atoms with Gasteiger partial charge < -0.3 is 15.6 Å². The predicted molar refractivity (Wildman–Crippen MR) is 67.5 cm³/mol. The van der Waals surface area contributed by atoms with Gasteiger partial charge in [0, 0.05) is 17.9 Å². The Morgan fingerprint density at radius 2 is 2.24 bits per heavy atom. The summed E-state index contributed by atoms with van der Waals surface area (Å²) in [6.07, 6.45) is 0.549. The lowest BCUT2D eigenvalue weighted by Crippen LogP contribution is -2.34. The SMILES string of the molecule is NC(Cc1ccccc1OC1CSC1)C(=O)O. The van der Waals surface area contributed by atoms with Crippen LogP contribution in [0.5, 0.6) is 5.75 Å². The van der Waals surface area contributed by atoms with Gasteiger partial charge in [0.1, 0.15) is 17.9 Å². The first kappa shape index (κ1) is 12.3. The summed E-state index contributed by atoms with van der Waals surface area (Å²) in [5.74, 6) is 1.77. The Bertz CT molecular complexity index is 406. The van der Waals surface area contributed by atoms with Gasteiger partial charge in [0.15, 0.2) is 0 Å². The highest BCUT2D eigenvalue weighted by Gasteiger charge is 2.22. The number of aliphatic carboxylic acids is 1. The number of para-hydroxylation sites is 1. The van der Waals surface area contributed by atoms with E-state index < -0.39 is 12.0 Å². The maximum Gasteiger partial charge on any atom is 0.320 e. The highest BCUT2D eigenvalue weighted by Crippen LogP contribution is 2.26. The van der Waals surface area contributed by atoms with Crippen LogP contribution in [-0.4, -0.2) is 34.7 Å². The van der Waals surface area contributed by atoms with E-state index in [1.807, 2.05) is 36.0 Å². The molecular formula is C12H15NO3S. The van der Waals surface area contributed by atoms with Crippen LogP contribution in [0.1, 0.15) is 5.56 Å². The number of hydrogen-bond acceptors (Lipinski definition) is 4. The van der Waals surface area contributed by atoms with Gasteiger partial charge in [-0.15, -0.1) is 0 Å². The van der Waals surface area contributed by atoms with Crippen LogP contribution in [0.25, 0.3) is 0 Å². The molecule has 0 aromatic heterocycles. The van der Waals surface area contributed by atoms with Crippen molar-refractivity contribution in [2.75, 3.05) is 11.5 Å². The molecule has 1 aromatic carbocycles. The fraction of sp³-hybridized carbons (Fsp3) is 0.417. The molecule has 0 spiro atoms. The van der Waals surface area contributed by atoms with E-state index in [2.05, 4.69) is 0 Å². The summed E-state index contributed by atoms with van der Waals surface area (Å²) >= 11 is 1.85. The van der Waals surface area contributed by atoms with Gasteiger partial charge >= 0.3 is 5.97 Å². The highest BCUT2D eigenvalue weighted by atomic mass is 32.2. The molecule has 3 N–H and O–H groups in total. The van der Waals surface area contributed by atoms with Crippen molar-refractivity contribution in [2.24, 2.45) is 5.73 Å². The van der Waals surface area contributed by atoms with E-state index in [0.29, 0.717) is 6.42 Å². The van der Waals surface area contributed by atoms with E-state index in [0.717, 1.165) is 22.8 Å². The molecule has 1 atom stereocenters. The Morgan fingerprint density at radius 1 is 1.53 bits per heavy atom. The largest absolute Gasteiger partial charge is 0.488 e. The van der Waals surface area contributed by atoms with Gasteiger partial charge in [-0.05, 0) is 11.6 Å². The molecule has 5 heteroatoms. The summed E-state index contributed by atoms with van der Waals surface area (Å²) < 4.78 is 5.79. The Hall–Kier alpha value is -1.20. The van der Waals surface area contributed by atoms with E-state index in [1.54, 1.807) is 0 Å². The molecule has 1 aliphatic heterocycles. The standard InChI is InChI=1S/C12H15NO3S/c13-10(12(14)15)5-8-3-1-2-4-11(8)16-9-6-17-7-9/h1-4,9-10H,5-7,13H2,(H,14,15). The van der Waals surface area contributed by atoms with Crippen LogP contribution in [0.15, 0.2) is 24.3 Å². The second-order valence-electron chi connectivity index (χ2n) is 4.03. The average molecular weight is 253 g/mol. The monoisotopic (exact) mass is 253 g/mol.